The molecule has 0 fully saturated rings. The van der Waals surface area contributed by atoms with Gasteiger partial charge in [0, 0.05) is 37.6 Å². The number of para-hydroxylation sites is 1. The van der Waals surface area contributed by atoms with Gasteiger partial charge in [0.25, 0.3) is 0 Å². The molecule has 3 aromatic rings. The summed E-state index contributed by atoms with van der Waals surface area (Å²) in [6.07, 6.45) is 4.49. The van der Waals surface area contributed by atoms with Gasteiger partial charge < -0.3 is 15.4 Å². The van der Waals surface area contributed by atoms with Gasteiger partial charge >= 0.3 is 0 Å². The second-order valence-corrected chi connectivity index (χ2v) is 6.55. The van der Waals surface area contributed by atoms with E-state index >= 15 is 0 Å². The van der Waals surface area contributed by atoms with E-state index in [9.17, 15) is 0 Å². The molecule has 0 radical (unpaired) electrons. The van der Waals surface area contributed by atoms with Crippen LogP contribution in [0.1, 0.15) is 11.1 Å². The highest BCUT2D eigenvalue weighted by Gasteiger charge is 2.06. The lowest BCUT2D eigenvalue weighted by Gasteiger charge is -2.14. The average Bonchev–Trinajstić information content (AvgIpc) is 3.26. The third kappa shape index (κ3) is 6.37. The number of methoxy groups -OCH3 is 1. The molecule has 0 unspecified atom stereocenters. The number of nitrogens with zero attached hydrogens (tertiary/aromatic N) is 3. The summed E-state index contributed by atoms with van der Waals surface area (Å²) < 4.78 is 7.05. The van der Waals surface area contributed by atoms with Crippen LogP contribution in [0.2, 0.25) is 5.02 Å². The van der Waals surface area contributed by atoms with Crippen LogP contribution in [0.5, 0.6) is 5.75 Å². The average molecular weight is 526 g/mol. The fourth-order valence-electron chi connectivity index (χ4n) is 2.87. The maximum absolute atomic E-state index is 6.30. The molecule has 3 rings (SSSR count). The molecule has 0 aliphatic rings. The third-order valence-corrected chi connectivity index (χ3v) is 4.71. The van der Waals surface area contributed by atoms with Gasteiger partial charge in [0.1, 0.15) is 5.75 Å². The first-order valence-electron chi connectivity index (χ1n) is 9.06. The Balaban J connectivity index is 0.00000300. The van der Waals surface area contributed by atoms with Crippen molar-refractivity contribution in [3.05, 3.63) is 77.1 Å². The normalized spacial score (nSPS) is 10.9. The third-order valence-electron chi connectivity index (χ3n) is 4.36. The van der Waals surface area contributed by atoms with Crippen LogP contribution in [0, 0.1) is 0 Å². The van der Waals surface area contributed by atoms with Crippen molar-refractivity contribution < 1.29 is 4.74 Å². The highest BCUT2D eigenvalue weighted by molar-refractivity contribution is 14.0. The van der Waals surface area contributed by atoms with E-state index in [-0.39, 0.29) is 24.0 Å². The molecule has 0 amide bonds. The molecule has 0 aliphatic carbocycles. The molecule has 0 saturated heterocycles. The van der Waals surface area contributed by atoms with E-state index in [0.29, 0.717) is 18.1 Å². The van der Waals surface area contributed by atoms with E-state index in [4.69, 9.17) is 16.3 Å². The van der Waals surface area contributed by atoms with E-state index in [1.54, 1.807) is 20.4 Å². The molecule has 0 aliphatic heterocycles. The number of aliphatic imine (C=N–C) groups is 1. The first-order chi connectivity index (χ1) is 13.7. The zero-order valence-corrected chi connectivity index (χ0v) is 19.5. The molecule has 2 N–H and O–H groups in total. The van der Waals surface area contributed by atoms with Crippen LogP contribution in [-0.4, -0.2) is 36.4 Å². The molecule has 1 aromatic heterocycles. The van der Waals surface area contributed by atoms with Crippen LogP contribution < -0.4 is 15.4 Å². The number of hydrogen-bond donors (Lipinski definition) is 2. The standard InChI is InChI=1S/C21H24ClN5O.HI/c1-23-21(24-12-10-16-8-9-18(28-2)14-19(16)22)25-15-17-6-3-4-7-20(17)27-13-5-11-26-27;/h3-9,11,13-14H,10,12,15H2,1-2H3,(H2,23,24,25);1H. The maximum atomic E-state index is 6.30. The second-order valence-electron chi connectivity index (χ2n) is 6.14. The minimum Gasteiger partial charge on any atom is -0.497 e. The molecule has 154 valence electrons. The predicted molar refractivity (Wildman–Crippen MR) is 129 cm³/mol. The van der Waals surface area contributed by atoms with Crippen molar-refractivity contribution in [2.45, 2.75) is 13.0 Å². The predicted octanol–water partition coefficient (Wildman–Crippen LogP) is 4.06. The Hall–Kier alpha value is -2.26. The number of rotatable bonds is 7. The van der Waals surface area contributed by atoms with Crippen molar-refractivity contribution in [2.75, 3.05) is 20.7 Å². The number of benzene rings is 2. The topological polar surface area (TPSA) is 63.5 Å². The van der Waals surface area contributed by atoms with E-state index < -0.39 is 0 Å². The molecular formula is C21H25ClIN5O. The summed E-state index contributed by atoms with van der Waals surface area (Å²) >= 11 is 6.30. The van der Waals surface area contributed by atoms with Gasteiger partial charge in [-0.15, -0.1) is 24.0 Å². The molecule has 0 saturated carbocycles. The Kier molecular flexibility index (Phi) is 9.27. The summed E-state index contributed by atoms with van der Waals surface area (Å²) in [5.41, 5.74) is 3.24. The Morgan fingerprint density at radius 2 is 1.97 bits per heavy atom. The lowest BCUT2D eigenvalue weighted by molar-refractivity contribution is 0.414. The van der Waals surface area contributed by atoms with Crippen LogP contribution in [-0.2, 0) is 13.0 Å². The quantitative estimate of drug-likeness (QED) is 0.277. The maximum Gasteiger partial charge on any atom is 0.191 e. The molecule has 29 heavy (non-hydrogen) atoms. The first kappa shape index (κ1) is 23.0. The smallest absolute Gasteiger partial charge is 0.191 e. The van der Waals surface area contributed by atoms with Crippen LogP contribution in [0.4, 0.5) is 0 Å². The fourth-order valence-corrected chi connectivity index (χ4v) is 3.13. The van der Waals surface area contributed by atoms with Gasteiger partial charge in [-0.25, -0.2) is 4.68 Å². The first-order valence-corrected chi connectivity index (χ1v) is 9.44. The van der Waals surface area contributed by atoms with Gasteiger partial charge in [-0.2, -0.15) is 5.10 Å². The second kappa shape index (κ2) is 11.7. The Labute approximate surface area is 193 Å². The van der Waals surface area contributed by atoms with Crippen molar-refractivity contribution in [3.63, 3.8) is 0 Å². The monoisotopic (exact) mass is 525 g/mol. The van der Waals surface area contributed by atoms with Crippen molar-refractivity contribution in [2.24, 2.45) is 4.99 Å². The van der Waals surface area contributed by atoms with Gasteiger partial charge in [-0.3, -0.25) is 4.99 Å². The molecule has 8 heteroatoms. The van der Waals surface area contributed by atoms with Crippen LogP contribution >= 0.6 is 35.6 Å². The minimum atomic E-state index is 0. The van der Waals surface area contributed by atoms with Crippen LogP contribution in [0.3, 0.4) is 0 Å². The van der Waals surface area contributed by atoms with Crippen molar-refractivity contribution in [3.8, 4) is 11.4 Å². The van der Waals surface area contributed by atoms with Gasteiger partial charge in [0.05, 0.1) is 12.8 Å². The van der Waals surface area contributed by atoms with Gasteiger partial charge in [0.2, 0.25) is 0 Å². The number of hydrogen-bond acceptors (Lipinski definition) is 3. The van der Waals surface area contributed by atoms with E-state index in [1.165, 1.54) is 0 Å². The van der Waals surface area contributed by atoms with Crippen molar-refractivity contribution >= 4 is 41.5 Å². The largest absolute Gasteiger partial charge is 0.497 e. The summed E-state index contributed by atoms with van der Waals surface area (Å²) in [6.45, 7) is 1.35. The summed E-state index contributed by atoms with van der Waals surface area (Å²) in [5, 5.41) is 11.7. The lowest BCUT2D eigenvalue weighted by Crippen LogP contribution is -2.38. The zero-order chi connectivity index (χ0) is 19.8. The molecule has 6 nitrogen and oxygen atoms in total. The van der Waals surface area contributed by atoms with Gasteiger partial charge in [-0.05, 0) is 41.8 Å². The Morgan fingerprint density at radius 3 is 2.66 bits per heavy atom. The number of ether oxygens (including phenoxy) is 1. The van der Waals surface area contributed by atoms with E-state index in [0.717, 1.165) is 34.9 Å². The molecule has 2 aromatic carbocycles. The molecule has 0 spiro atoms. The Morgan fingerprint density at radius 1 is 1.14 bits per heavy atom. The Bertz CT molecular complexity index is 931. The van der Waals surface area contributed by atoms with E-state index in [2.05, 4.69) is 26.8 Å². The number of halogens is 2. The van der Waals surface area contributed by atoms with Gasteiger partial charge in [-0.1, -0.05) is 35.9 Å². The molecular weight excluding hydrogens is 501 g/mol. The van der Waals surface area contributed by atoms with Crippen LogP contribution in [0.25, 0.3) is 5.69 Å². The van der Waals surface area contributed by atoms with Crippen molar-refractivity contribution in [1.29, 1.82) is 0 Å². The van der Waals surface area contributed by atoms with Crippen LogP contribution in [0.15, 0.2) is 65.9 Å². The minimum absolute atomic E-state index is 0. The molecule has 1 heterocycles. The SMILES string of the molecule is CN=C(NCCc1ccc(OC)cc1Cl)NCc1ccccc1-n1cccn1.I. The van der Waals surface area contributed by atoms with Crippen molar-refractivity contribution in [1.82, 2.24) is 20.4 Å². The highest BCUT2D eigenvalue weighted by atomic mass is 127. The highest BCUT2D eigenvalue weighted by Crippen LogP contribution is 2.22. The number of nitrogens with one attached hydrogen (secondary N) is 2. The molecule has 0 bridgehead atoms. The van der Waals surface area contributed by atoms with E-state index in [1.807, 2.05) is 53.3 Å². The summed E-state index contributed by atoms with van der Waals surface area (Å²) in [4.78, 5) is 4.30. The summed E-state index contributed by atoms with van der Waals surface area (Å²) in [7, 11) is 3.39. The summed E-state index contributed by atoms with van der Waals surface area (Å²) in [6, 6.07) is 15.8. The number of guanidine groups is 1. The summed E-state index contributed by atoms with van der Waals surface area (Å²) in [5.74, 6) is 1.50. The lowest BCUT2D eigenvalue weighted by atomic mass is 10.1. The zero-order valence-electron chi connectivity index (χ0n) is 16.4. The van der Waals surface area contributed by atoms with Gasteiger partial charge in [0.15, 0.2) is 5.96 Å². The number of aromatic nitrogens is 2. The fraction of sp³-hybridized carbons (Fsp3) is 0.238. The molecule has 0 atom stereocenters.